The zero-order valence-electron chi connectivity index (χ0n) is 11.0. The molecular weight excluding hydrogens is 240 g/mol. The number of ether oxygens (including phenoxy) is 1. The number of allylic oxidation sites excluding steroid dienone is 3. The highest BCUT2D eigenvalue weighted by atomic mass is 16.5. The quantitative estimate of drug-likeness (QED) is 0.815. The molecule has 0 spiro atoms. The zero-order valence-corrected chi connectivity index (χ0v) is 11.0. The van der Waals surface area contributed by atoms with Gasteiger partial charge in [0.15, 0.2) is 0 Å². The lowest BCUT2D eigenvalue weighted by Gasteiger charge is -2.43. The number of hydrogen-bond acceptors (Lipinski definition) is 3. The first kappa shape index (κ1) is 12.1. The van der Waals surface area contributed by atoms with Gasteiger partial charge in [0, 0.05) is 19.2 Å². The van der Waals surface area contributed by atoms with Crippen molar-refractivity contribution < 1.29 is 9.53 Å². The van der Waals surface area contributed by atoms with Gasteiger partial charge in [0.25, 0.3) is 0 Å². The first-order chi connectivity index (χ1) is 9.18. The van der Waals surface area contributed by atoms with Crippen molar-refractivity contribution in [2.45, 2.75) is 12.8 Å². The molecule has 2 heterocycles. The summed E-state index contributed by atoms with van der Waals surface area (Å²) in [4.78, 5) is 18.9. The standard InChI is InChI=1S/C15H16N2O2/c1-15-8-4-3-6-11(15)13-12(7-5-9-16-13)17(10-19-2)14(15)18/h3-9,11H,10H2,1-2H3/t11-,15-/m0/s1. The molecule has 0 saturated carbocycles. The highest BCUT2D eigenvalue weighted by Crippen LogP contribution is 2.48. The van der Waals surface area contributed by atoms with Gasteiger partial charge in [0.2, 0.25) is 5.91 Å². The average Bonchev–Trinajstić information content (AvgIpc) is 2.44. The molecule has 2 atom stereocenters. The van der Waals surface area contributed by atoms with Crippen LogP contribution in [0.15, 0.2) is 42.6 Å². The van der Waals surface area contributed by atoms with E-state index in [0.717, 1.165) is 11.4 Å². The van der Waals surface area contributed by atoms with Crippen molar-refractivity contribution in [3.8, 4) is 0 Å². The summed E-state index contributed by atoms with van der Waals surface area (Å²) in [6, 6.07) is 3.77. The normalized spacial score (nSPS) is 28.2. The molecule has 1 aliphatic carbocycles. The Hall–Kier alpha value is -1.94. The Balaban J connectivity index is 2.19. The molecule has 3 rings (SSSR count). The molecule has 1 aliphatic heterocycles. The van der Waals surface area contributed by atoms with Gasteiger partial charge in [-0.1, -0.05) is 24.3 Å². The Kier molecular flexibility index (Phi) is 2.75. The predicted octanol–water partition coefficient (Wildman–Crippen LogP) is 2.25. The van der Waals surface area contributed by atoms with Crippen molar-refractivity contribution in [2.75, 3.05) is 18.7 Å². The molecule has 0 fully saturated rings. The van der Waals surface area contributed by atoms with Gasteiger partial charge in [-0.25, -0.2) is 0 Å². The van der Waals surface area contributed by atoms with Crippen LogP contribution in [0.3, 0.4) is 0 Å². The summed E-state index contributed by atoms with van der Waals surface area (Å²) in [6.45, 7) is 2.21. The molecule has 4 heteroatoms. The van der Waals surface area contributed by atoms with Gasteiger partial charge in [-0.05, 0) is 19.1 Å². The summed E-state index contributed by atoms with van der Waals surface area (Å²) < 4.78 is 5.17. The largest absolute Gasteiger partial charge is 0.364 e. The number of anilines is 1. The van der Waals surface area contributed by atoms with Gasteiger partial charge < -0.3 is 4.74 Å². The lowest BCUT2D eigenvalue weighted by Crippen LogP contribution is -2.50. The minimum atomic E-state index is -0.575. The van der Waals surface area contributed by atoms with Gasteiger partial charge in [0.05, 0.1) is 16.8 Å². The Bertz CT molecular complexity index is 579. The second kappa shape index (κ2) is 4.31. The topological polar surface area (TPSA) is 42.4 Å². The van der Waals surface area contributed by atoms with Crippen molar-refractivity contribution in [2.24, 2.45) is 5.41 Å². The van der Waals surface area contributed by atoms with Gasteiger partial charge >= 0.3 is 0 Å². The SMILES string of the molecule is COCN1C(=O)[C@@]2(C)C=CC=C[C@H]2c2ncccc21. The summed E-state index contributed by atoms with van der Waals surface area (Å²) >= 11 is 0. The van der Waals surface area contributed by atoms with Crippen molar-refractivity contribution >= 4 is 11.6 Å². The highest BCUT2D eigenvalue weighted by molar-refractivity contribution is 6.02. The minimum absolute atomic E-state index is 0.00527. The van der Waals surface area contributed by atoms with E-state index < -0.39 is 5.41 Å². The van der Waals surface area contributed by atoms with Crippen LogP contribution in [0.5, 0.6) is 0 Å². The lowest BCUT2D eigenvalue weighted by atomic mass is 9.69. The summed E-state index contributed by atoms with van der Waals surface area (Å²) in [5.74, 6) is 0.0507. The van der Waals surface area contributed by atoms with Gasteiger partial charge in [-0.15, -0.1) is 0 Å². The summed E-state index contributed by atoms with van der Waals surface area (Å²) in [5, 5.41) is 0. The van der Waals surface area contributed by atoms with Crippen LogP contribution in [-0.2, 0) is 9.53 Å². The fourth-order valence-corrected chi connectivity index (χ4v) is 2.85. The molecule has 1 aromatic rings. The van der Waals surface area contributed by atoms with Crippen LogP contribution in [0.25, 0.3) is 0 Å². The van der Waals surface area contributed by atoms with Crippen LogP contribution in [0.4, 0.5) is 5.69 Å². The molecule has 98 valence electrons. The van der Waals surface area contributed by atoms with Gasteiger partial charge in [0.1, 0.15) is 6.73 Å². The third-order valence-corrected chi connectivity index (χ3v) is 3.87. The van der Waals surface area contributed by atoms with Crippen molar-refractivity contribution in [3.05, 3.63) is 48.3 Å². The molecule has 0 radical (unpaired) electrons. The van der Waals surface area contributed by atoms with E-state index in [4.69, 9.17) is 4.74 Å². The number of amides is 1. The first-order valence-electron chi connectivity index (χ1n) is 6.30. The Morgan fingerprint density at radius 1 is 1.47 bits per heavy atom. The number of rotatable bonds is 2. The Morgan fingerprint density at radius 3 is 3.11 bits per heavy atom. The monoisotopic (exact) mass is 256 g/mol. The zero-order chi connectivity index (χ0) is 13.5. The van der Waals surface area contributed by atoms with E-state index in [-0.39, 0.29) is 18.6 Å². The first-order valence-corrected chi connectivity index (χ1v) is 6.30. The number of hydrogen-bond donors (Lipinski definition) is 0. The smallest absolute Gasteiger partial charge is 0.239 e. The van der Waals surface area contributed by atoms with Crippen LogP contribution >= 0.6 is 0 Å². The van der Waals surface area contributed by atoms with E-state index in [2.05, 4.69) is 4.98 Å². The number of aromatic nitrogens is 1. The van der Waals surface area contributed by atoms with Crippen LogP contribution < -0.4 is 4.90 Å². The van der Waals surface area contributed by atoms with Gasteiger partial charge in [-0.2, -0.15) is 0 Å². The predicted molar refractivity (Wildman–Crippen MR) is 72.7 cm³/mol. The molecule has 0 aromatic carbocycles. The average molecular weight is 256 g/mol. The van der Waals surface area contributed by atoms with Crippen LogP contribution in [-0.4, -0.2) is 24.7 Å². The van der Waals surface area contributed by atoms with Crippen LogP contribution in [0, 0.1) is 5.41 Å². The molecule has 0 saturated heterocycles. The molecule has 2 aliphatic rings. The number of nitrogens with zero attached hydrogens (tertiary/aromatic N) is 2. The molecule has 19 heavy (non-hydrogen) atoms. The van der Waals surface area contributed by atoms with Gasteiger partial charge in [-0.3, -0.25) is 14.7 Å². The van der Waals surface area contributed by atoms with Crippen LogP contribution in [0.1, 0.15) is 18.5 Å². The molecule has 0 bridgehead atoms. The number of pyridine rings is 1. The maximum absolute atomic E-state index is 12.8. The number of fused-ring (bicyclic) bond motifs is 3. The van der Waals surface area contributed by atoms with Crippen LogP contribution in [0.2, 0.25) is 0 Å². The van der Waals surface area contributed by atoms with E-state index in [9.17, 15) is 4.79 Å². The maximum Gasteiger partial charge on any atom is 0.239 e. The summed E-state index contributed by atoms with van der Waals surface area (Å²) in [6.07, 6.45) is 9.68. The van der Waals surface area contributed by atoms with E-state index in [1.807, 2.05) is 43.4 Å². The maximum atomic E-state index is 12.8. The number of methoxy groups -OCH3 is 1. The lowest BCUT2D eigenvalue weighted by molar-refractivity contribution is -0.127. The van der Waals surface area contributed by atoms with E-state index >= 15 is 0 Å². The summed E-state index contributed by atoms with van der Waals surface area (Å²) in [7, 11) is 1.59. The van der Waals surface area contributed by atoms with Crippen molar-refractivity contribution in [1.82, 2.24) is 4.98 Å². The fourth-order valence-electron chi connectivity index (χ4n) is 2.85. The van der Waals surface area contributed by atoms with E-state index in [0.29, 0.717) is 0 Å². The Morgan fingerprint density at radius 2 is 2.32 bits per heavy atom. The number of carbonyl (C=O) groups is 1. The van der Waals surface area contributed by atoms with E-state index in [1.165, 1.54) is 0 Å². The second-order valence-electron chi connectivity index (χ2n) is 5.06. The number of carbonyl (C=O) groups excluding carboxylic acids is 1. The van der Waals surface area contributed by atoms with Crippen molar-refractivity contribution in [1.29, 1.82) is 0 Å². The second-order valence-corrected chi connectivity index (χ2v) is 5.06. The molecule has 0 N–H and O–H groups in total. The molecule has 1 aromatic heterocycles. The molecule has 1 amide bonds. The van der Waals surface area contributed by atoms with E-state index in [1.54, 1.807) is 18.2 Å². The third-order valence-electron chi connectivity index (χ3n) is 3.87. The molecular formula is C15H16N2O2. The fraction of sp³-hybridized carbons (Fsp3) is 0.333. The third kappa shape index (κ3) is 1.64. The highest BCUT2D eigenvalue weighted by Gasteiger charge is 2.48. The Labute approximate surface area is 112 Å². The van der Waals surface area contributed by atoms with Crippen molar-refractivity contribution in [3.63, 3.8) is 0 Å². The molecule has 4 nitrogen and oxygen atoms in total. The summed E-state index contributed by atoms with van der Waals surface area (Å²) in [5.41, 5.74) is 1.20. The minimum Gasteiger partial charge on any atom is -0.364 e. The molecule has 0 unspecified atom stereocenters.